The molecule has 0 atom stereocenters. The number of aromatic nitrogens is 3. The Kier molecular flexibility index (Phi) is 27.2. The van der Waals surface area contributed by atoms with Gasteiger partial charge in [0, 0.05) is 30.0 Å². The van der Waals surface area contributed by atoms with Gasteiger partial charge >= 0.3 is 0 Å². The molecule has 4 heteroatoms. The van der Waals surface area contributed by atoms with Crippen LogP contribution in [-0.2, 0) is 6.54 Å². The quantitative estimate of drug-likeness (QED) is 0.485. The Morgan fingerprint density at radius 3 is 1.73 bits per heavy atom. The van der Waals surface area contributed by atoms with Crippen LogP contribution in [-0.4, -0.2) is 38.7 Å². The van der Waals surface area contributed by atoms with Crippen LogP contribution in [0, 0.1) is 0 Å². The minimum absolute atomic E-state index is 0. The van der Waals surface area contributed by atoms with Crippen LogP contribution in [0.3, 0.4) is 0 Å². The molecule has 3 nitrogen and oxygen atoms in total. The number of unbranched alkanes of at least 4 members (excludes halogenated alkanes) is 3. The maximum absolute atomic E-state index is 3.97. The Morgan fingerprint density at radius 1 is 0.909 bits per heavy atom. The fourth-order valence-electron chi connectivity index (χ4n) is 0.798. The first-order valence-electron chi connectivity index (χ1n) is 8.50. The first-order chi connectivity index (χ1) is 10.2. The fourth-order valence-corrected chi connectivity index (χ4v) is 0.798. The van der Waals surface area contributed by atoms with E-state index in [1.54, 1.807) is 6.33 Å². The third kappa shape index (κ3) is 17.5. The van der Waals surface area contributed by atoms with Crippen LogP contribution in [0.25, 0.3) is 6.08 Å². The first kappa shape index (κ1) is 26.4. The predicted molar refractivity (Wildman–Crippen MR) is 100 cm³/mol. The van der Waals surface area contributed by atoms with E-state index in [1.165, 1.54) is 38.5 Å². The van der Waals surface area contributed by atoms with Gasteiger partial charge in [0.1, 0.15) is 6.33 Å². The Labute approximate surface area is 155 Å². The largest absolute Gasteiger partial charge is 0.241 e. The second-order valence-electron chi connectivity index (χ2n) is 4.82. The molecule has 0 aliphatic carbocycles. The number of hydrogen-bond donors (Lipinski definition) is 0. The molecule has 0 amide bonds. The van der Waals surface area contributed by atoms with Gasteiger partial charge in [-0.05, 0) is 6.08 Å². The van der Waals surface area contributed by atoms with Gasteiger partial charge in [0.25, 0.3) is 0 Å². The first-order valence-corrected chi connectivity index (χ1v) is 8.50. The van der Waals surface area contributed by atoms with Crippen LogP contribution in [0.15, 0.2) is 18.1 Å². The third-order valence-electron chi connectivity index (χ3n) is 2.74. The molecule has 0 aromatic carbocycles. The molecular weight excluding hydrogens is 377 g/mol. The van der Waals surface area contributed by atoms with Gasteiger partial charge in [-0.25, -0.2) is 9.67 Å². The van der Waals surface area contributed by atoms with Crippen molar-refractivity contribution < 1.29 is 0 Å². The van der Waals surface area contributed by atoms with E-state index in [0.29, 0.717) is 0 Å². The van der Waals surface area contributed by atoms with Crippen LogP contribution in [0.1, 0.15) is 85.9 Å². The molecule has 22 heavy (non-hydrogen) atoms. The monoisotopic (exact) mass is 413 g/mol. The molecule has 2 heterocycles. The molecule has 1 aromatic heterocycles. The third-order valence-corrected chi connectivity index (χ3v) is 2.74. The summed E-state index contributed by atoms with van der Waals surface area (Å²) in [6.07, 6.45) is 13.2. The molecular formula is C18H35N3Sn. The summed E-state index contributed by atoms with van der Waals surface area (Å²) in [5.74, 6) is 0.887. The number of hydrogen-bond acceptors (Lipinski definition) is 2. The van der Waals surface area contributed by atoms with E-state index >= 15 is 0 Å². The smallest absolute Gasteiger partial charge is 0.158 e. The van der Waals surface area contributed by atoms with E-state index in [-0.39, 0.29) is 23.9 Å². The number of nitrogens with zero attached hydrogens (tertiary/aromatic N) is 3. The molecule has 2 rings (SSSR count). The Hall–Kier alpha value is -0.541. The molecule has 126 valence electrons. The van der Waals surface area contributed by atoms with Gasteiger partial charge in [0.2, 0.25) is 0 Å². The van der Waals surface area contributed by atoms with Gasteiger partial charge in [-0.2, -0.15) is 5.10 Å². The van der Waals surface area contributed by atoms with Gasteiger partial charge in [0.05, 0.1) is 6.54 Å². The van der Waals surface area contributed by atoms with Crippen molar-refractivity contribution in [3.05, 3.63) is 24.0 Å². The van der Waals surface area contributed by atoms with E-state index in [4.69, 9.17) is 0 Å². The summed E-state index contributed by atoms with van der Waals surface area (Å²) in [6, 6.07) is 0. The van der Waals surface area contributed by atoms with Crippen LogP contribution in [0.4, 0.5) is 0 Å². The summed E-state index contributed by atoms with van der Waals surface area (Å²) in [6.45, 7) is 13.9. The Balaban J connectivity index is -0.000000241. The zero-order valence-corrected chi connectivity index (χ0v) is 18.4. The molecule has 1 aliphatic rings. The molecule has 0 bridgehead atoms. The molecule has 0 unspecified atom stereocenters. The maximum atomic E-state index is 3.97. The molecule has 0 fully saturated rings. The van der Waals surface area contributed by atoms with Gasteiger partial charge < -0.3 is 0 Å². The van der Waals surface area contributed by atoms with Crippen molar-refractivity contribution in [3.8, 4) is 0 Å². The van der Waals surface area contributed by atoms with E-state index in [1.807, 2.05) is 16.8 Å². The van der Waals surface area contributed by atoms with Crippen molar-refractivity contribution in [2.75, 3.05) is 0 Å². The average molecular weight is 412 g/mol. The van der Waals surface area contributed by atoms with E-state index < -0.39 is 0 Å². The molecule has 0 N–H and O–H groups in total. The zero-order chi connectivity index (χ0) is 16.3. The van der Waals surface area contributed by atoms with E-state index in [9.17, 15) is 0 Å². The minimum atomic E-state index is 0. The standard InChI is InChI=1S/C6H5N3.3C4H10.Sn/c1-2-4-9-6(3-1)7-5-8-9;3*1-3-4-2;/h2-3,5H,4H2;3*3-4H2,1-2H3;. The van der Waals surface area contributed by atoms with Gasteiger partial charge in [-0.1, -0.05) is 80.1 Å². The Morgan fingerprint density at radius 2 is 1.36 bits per heavy atom. The van der Waals surface area contributed by atoms with Crippen molar-refractivity contribution in [2.24, 2.45) is 0 Å². The topological polar surface area (TPSA) is 30.7 Å². The van der Waals surface area contributed by atoms with Crippen molar-refractivity contribution in [1.82, 2.24) is 14.8 Å². The minimum Gasteiger partial charge on any atom is -0.241 e. The van der Waals surface area contributed by atoms with Crippen LogP contribution < -0.4 is 0 Å². The maximum Gasteiger partial charge on any atom is 0.158 e. The predicted octanol–water partition coefficient (Wildman–Crippen LogP) is 5.50. The summed E-state index contributed by atoms with van der Waals surface area (Å²) >= 11 is 0. The number of allylic oxidation sites excluding steroid dienone is 1. The second kappa shape index (κ2) is 22.7. The van der Waals surface area contributed by atoms with Crippen LogP contribution in [0.5, 0.6) is 0 Å². The summed E-state index contributed by atoms with van der Waals surface area (Å²) in [5.41, 5.74) is 2.95. The van der Waals surface area contributed by atoms with Gasteiger partial charge in [-0.3, -0.25) is 0 Å². The summed E-state index contributed by atoms with van der Waals surface area (Å²) in [7, 11) is 0. The molecule has 1 aromatic rings. The molecule has 1 aliphatic heterocycles. The van der Waals surface area contributed by atoms with Gasteiger partial charge in [-0.15, -0.1) is 5.73 Å². The molecule has 4 radical (unpaired) electrons. The molecule has 0 saturated heterocycles. The average Bonchev–Trinajstić information content (AvgIpc) is 3.04. The van der Waals surface area contributed by atoms with Gasteiger partial charge in [0.15, 0.2) is 5.82 Å². The SMILES string of the molecule is C1=CCn2ncnc2C=1.CCCC.CCCC.CCCC.[Sn]. The number of fused-ring (bicyclic) bond motifs is 1. The van der Waals surface area contributed by atoms with Crippen molar-refractivity contribution in [2.45, 2.75) is 86.6 Å². The fraction of sp³-hybridized carbons (Fsp3) is 0.722. The summed E-state index contributed by atoms with van der Waals surface area (Å²) in [4.78, 5) is 3.97. The van der Waals surface area contributed by atoms with E-state index in [0.717, 1.165) is 12.4 Å². The van der Waals surface area contributed by atoms with Crippen LogP contribution in [0.2, 0.25) is 0 Å². The second-order valence-corrected chi connectivity index (χ2v) is 4.82. The van der Waals surface area contributed by atoms with Crippen molar-refractivity contribution in [3.63, 3.8) is 0 Å². The van der Waals surface area contributed by atoms with E-state index in [2.05, 4.69) is 57.4 Å². The van der Waals surface area contributed by atoms with Crippen molar-refractivity contribution in [1.29, 1.82) is 0 Å². The molecule has 0 spiro atoms. The zero-order valence-electron chi connectivity index (χ0n) is 15.5. The summed E-state index contributed by atoms with van der Waals surface area (Å²) < 4.78 is 1.82. The van der Waals surface area contributed by atoms with Crippen LogP contribution >= 0.6 is 0 Å². The number of rotatable bonds is 3. The molecule has 0 saturated carbocycles. The Bertz CT molecular complexity index is 351. The van der Waals surface area contributed by atoms with Crippen molar-refractivity contribution >= 4 is 30.0 Å². The normalized spacial score (nSPS) is 9.73. The summed E-state index contributed by atoms with van der Waals surface area (Å²) in [5, 5.41) is 3.96.